The molecule has 1 amide bonds. The van der Waals surface area contributed by atoms with Crippen molar-refractivity contribution in [2.75, 3.05) is 4.90 Å². The zero-order chi connectivity index (χ0) is 13.6. The first-order valence-corrected chi connectivity index (χ1v) is 6.70. The zero-order valence-corrected chi connectivity index (χ0v) is 11.5. The first-order chi connectivity index (χ1) is 9.13. The first-order valence-electron chi connectivity index (χ1n) is 6.23. The van der Waals surface area contributed by atoms with Gasteiger partial charge in [0.15, 0.2) is 0 Å². The summed E-state index contributed by atoms with van der Waals surface area (Å²) in [6, 6.07) is 4.75. The molecule has 19 heavy (non-hydrogen) atoms. The van der Waals surface area contributed by atoms with Crippen LogP contribution in [0.1, 0.15) is 17.5 Å². The summed E-state index contributed by atoms with van der Waals surface area (Å²) in [6.45, 7) is 0. The van der Waals surface area contributed by atoms with Gasteiger partial charge in [-0.15, -0.1) is 0 Å². The van der Waals surface area contributed by atoms with E-state index < -0.39 is 18.1 Å². The van der Waals surface area contributed by atoms with Gasteiger partial charge in [-0.3, -0.25) is 9.69 Å². The summed E-state index contributed by atoms with van der Waals surface area (Å²) >= 11 is 0. The number of carbonyl (C=O) groups is 2. The van der Waals surface area contributed by atoms with Crippen LogP contribution in [0.5, 0.6) is 0 Å². The standard InChI is InChI=1S/C13H15N2O3P/c14-9-5-4-7-2-1-3-8-6-10(13(17)18-19)15(11(7)8)12(9)16/h1-3,9-10H,4-6,14,19H2/t9-,10-/m0/s1. The van der Waals surface area contributed by atoms with Gasteiger partial charge in [-0.2, -0.15) is 0 Å². The van der Waals surface area contributed by atoms with E-state index in [1.807, 2.05) is 27.7 Å². The highest BCUT2D eigenvalue weighted by molar-refractivity contribution is 7.10. The smallest absolute Gasteiger partial charge is 0.331 e. The Hall–Kier alpha value is -1.45. The second kappa shape index (κ2) is 4.58. The molecule has 1 aromatic rings. The predicted molar refractivity (Wildman–Crippen MR) is 73.5 cm³/mol. The summed E-state index contributed by atoms with van der Waals surface area (Å²) in [5, 5.41) is 0. The number of carbonyl (C=O) groups excluding carboxylic acids is 2. The number of benzene rings is 1. The van der Waals surface area contributed by atoms with Crippen LogP contribution in [0.25, 0.3) is 0 Å². The third kappa shape index (κ3) is 1.85. The van der Waals surface area contributed by atoms with Gasteiger partial charge in [0.05, 0.1) is 21.2 Å². The molecule has 0 saturated heterocycles. The summed E-state index contributed by atoms with van der Waals surface area (Å²) in [4.78, 5) is 25.8. The van der Waals surface area contributed by atoms with Crippen molar-refractivity contribution in [3.8, 4) is 0 Å². The number of anilines is 1. The van der Waals surface area contributed by atoms with Gasteiger partial charge in [0.25, 0.3) is 0 Å². The second-order valence-electron chi connectivity index (χ2n) is 4.94. The Kier molecular flexibility index (Phi) is 3.03. The number of amides is 1. The molecular weight excluding hydrogens is 263 g/mol. The van der Waals surface area contributed by atoms with Crippen LogP contribution in [0.3, 0.4) is 0 Å². The average molecular weight is 278 g/mol. The topological polar surface area (TPSA) is 72.6 Å². The summed E-state index contributed by atoms with van der Waals surface area (Å²) in [5.41, 5.74) is 8.86. The fourth-order valence-corrected chi connectivity index (χ4v) is 3.08. The fourth-order valence-electron chi connectivity index (χ4n) is 2.92. The Labute approximate surface area is 113 Å². The van der Waals surface area contributed by atoms with E-state index in [0.717, 1.165) is 23.2 Å². The molecule has 0 aliphatic carbocycles. The molecule has 2 N–H and O–H groups in total. The Morgan fingerprint density at radius 2 is 2.16 bits per heavy atom. The lowest BCUT2D eigenvalue weighted by molar-refractivity contribution is -0.136. The number of nitrogens with two attached hydrogens (primary N) is 1. The fraction of sp³-hybridized carbons (Fsp3) is 0.385. The molecule has 0 bridgehead atoms. The molecule has 2 heterocycles. The van der Waals surface area contributed by atoms with Crippen LogP contribution in [0.4, 0.5) is 5.69 Å². The van der Waals surface area contributed by atoms with E-state index in [1.165, 1.54) is 4.90 Å². The third-order valence-corrected chi connectivity index (χ3v) is 4.07. The van der Waals surface area contributed by atoms with Crippen LogP contribution in [-0.4, -0.2) is 24.0 Å². The minimum atomic E-state index is -0.592. The van der Waals surface area contributed by atoms with Gasteiger partial charge in [-0.05, 0) is 24.0 Å². The Morgan fingerprint density at radius 1 is 1.42 bits per heavy atom. The number of para-hydroxylation sites is 1. The maximum absolute atomic E-state index is 12.4. The van der Waals surface area contributed by atoms with E-state index in [2.05, 4.69) is 0 Å². The minimum Gasteiger partial charge on any atom is -0.450 e. The molecule has 0 saturated carbocycles. The van der Waals surface area contributed by atoms with E-state index in [0.29, 0.717) is 12.8 Å². The summed E-state index contributed by atoms with van der Waals surface area (Å²) in [6.07, 6.45) is 1.86. The molecule has 0 fully saturated rings. The molecule has 0 spiro atoms. The van der Waals surface area contributed by atoms with Gasteiger partial charge >= 0.3 is 5.97 Å². The highest BCUT2D eigenvalue weighted by Gasteiger charge is 2.43. The van der Waals surface area contributed by atoms with Crippen molar-refractivity contribution in [3.05, 3.63) is 29.3 Å². The molecule has 3 rings (SSSR count). The monoisotopic (exact) mass is 278 g/mol. The maximum atomic E-state index is 12.4. The van der Waals surface area contributed by atoms with Gasteiger partial charge < -0.3 is 10.3 Å². The van der Waals surface area contributed by atoms with Crippen molar-refractivity contribution in [3.63, 3.8) is 0 Å². The van der Waals surface area contributed by atoms with Gasteiger partial charge in [-0.25, -0.2) is 4.79 Å². The Bertz CT molecular complexity index is 561. The van der Waals surface area contributed by atoms with Gasteiger partial charge in [-0.1, -0.05) is 18.2 Å². The number of rotatable bonds is 1. The van der Waals surface area contributed by atoms with Gasteiger partial charge in [0.1, 0.15) is 6.04 Å². The molecule has 1 unspecified atom stereocenters. The highest BCUT2D eigenvalue weighted by atomic mass is 31.0. The van der Waals surface area contributed by atoms with Crippen molar-refractivity contribution in [1.82, 2.24) is 0 Å². The molecule has 100 valence electrons. The van der Waals surface area contributed by atoms with Crippen LogP contribution in [0.2, 0.25) is 0 Å². The van der Waals surface area contributed by atoms with Crippen LogP contribution in [-0.2, 0) is 27.0 Å². The van der Waals surface area contributed by atoms with Crippen LogP contribution in [0, 0.1) is 0 Å². The summed E-state index contributed by atoms with van der Waals surface area (Å²) in [5.74, 6) is -0.612. The lowest BCUT2D eigenvalue weighted by Gasteiger charge is -2.25. The number of nitrogens with zero attached hydrogens (tertiary/aromatic N) is 1. The van der Waals surface area contributed by atoms with E-state index in [9.17, 15) is 9.59 Å². The van der Waals surface area contributed by atoms with E-state index in [-0.39, 0.29) is 5.91 Å². The van der Waals surface area contributed by atoms with Crippen LogP contribution < -0.4 is 10.6 Å². The molecular formula is C13H15N2O3P. The number of hydrogen-bond donors (Lipinski definition) is 1. The molecule has 1 aromatic carbocycles. The van der Waals surface area contributed by atoms with E-state index >= 15 is 0 Å². The van der Waals surface area contributed by atoms with E-state index in [4.69, 9.17) is 10.3 Å². The number of hydrogen-bond acceptors (Lipinski definition) is 4. The largest absolute Gasteiger partial charge is 0.450 e. The SMILES string of the molecule is N[C@H]1CCc2cccc3c2N(C1=O)[C@H](C(=O)OP)C3. The first kappa shape index (κ1) is 12.6. The normalized spacial score (nSPS) is 24.9. The summed E-state index contributed by atoms with van der Waals surface area (Å²) < 4.78 is 4.73. The Morgan fingerprint density at radius 3 is 2.89 bits per heavy atom. The lowest BCUT2D eigenvalue weighted by Crippen LogP contribution is -2.49. The molecule has 0 radical (unpaired) electrons. The molecule has 3 atom stereocenters. The zero-order valence-electron chi connectivity index (χ0n) is 10.3. The van der Waals surface area contributed by atoms with Crippen LogP contribution in [0.15, 0.2) is 18.2 Å². The lowest BCUT2D eigenvalue weighted by atomic mass is 10.0. The average Bonchev–Trinajstić information content (AvgIpc) is 2.76. The molecule has 5 nitrogen and oxygen atoms in total. The van der Waals surface area contributed by atoms with Crippen molar-refractivity contribution < 1.29 is 14.1 Å². The van der Waals surface area contributed by atoms with Crippen molar-refractivity contribution in [2.45, 2.75) is 31.3 Å². The molecule has 6 heteroatoms. The van der Waals surface area contributed by atoms with E-state index in [1.54, 1.807) is 0 Å². The maximum Gasteiger partial charge on any atom is 0.331 e. The predicted octanol–water partition coefficient (Wildman–Crippen LogP) is 0.551. The van der Waals surface area contributed by atoms with Crippen LogP contribution >= 0.6 is 9.47 Å². The number of aryl methyl sites for hydroxylation is 1. The van der Waals surface area contributed by atoms with Crippen molar-refractivity contribution in [2.24, 2.45) is 5.73 Å². The Balaban J connectivity index is 2.13. The summed E-state index contributed by atoms with van der Waals surface area (Å²) in [7, 11) is 1.94. The van der Waals surface area contributed by atoms with Gasteiger partial charge in [0.2, 0.25) is 5.91 Å². The molecule has 2 aliphatic heterocycles. The second-order valence-corrected chi connectivity index (χ2v) is 5.17. The van der Waals surface area contributed by atoms with Gasteiger partial charge in [0, 0.05) is 6.42 Å². The minimum absolute atomic E-state index is 0.191. The third-order valence-electron chi connectivity index (χ3n) is 3.84. The quantitative estimate of drug-likeness (QED) is 0.761. The van der Waals surface area contributed by atoms with Crippen molar-refractivity contribution >= 4 is 27.0 Å². The van der Waals surface area contributed by atoms with Crippen molar-refractivity contribution in [1.29, 1.82) is 0 Å². The molecule has 2 aliphatic rings. The highest BCUT2D eigenvalue weighted by Crippen LogP contribution is 2.39. The molecule has 0 aromatic heterocycles.